The first-order valence-corrected chi connectivity index (χ1v) is 14.2. The maximum atomic E-state index is 13.4. The molecule has 2 heterocycles. The molecule has 4 aromatic rings. The molecule has 1 aliphatic rings. The van der Waals surface area contributed by atoms with Gasteiger partial charge in [-0.2, -0.15) is 5.06 Å². The van der Waals surface area contributed by atoms with Gasteiger partial charge in [-0.05, 0) is 66.6 Å². The fourth-order valence-electron chi connectivity index (χ4n) is 5.50. The molecule has 40 heavy (non-hydrogen) atoms. The first kappa shape index (κ1) is 28.3. The summed E-state index contributed by atoms with van der Waals surface area (Å²) in [5, 5.41) is 27.0. The van der Waals surface area contributed by atoms with E-state index in [1.54, 1.807) is 12.0 Å². The number of hydrogen-bond donors (Lipinski definition) is 4. The zero-order valence-corrected chi connectivity index (χ0v) is 23.3. The molecule has 8 heteroatoms. The minimum atomic E-state index is -0.834. The van der Waals surface area contributed by atoms with Crippen LogP contribution in [0.2, 0.25) is 5.02 Å². The molecule has 210 valence electrons. The van der Waals surface area contributed by atoms with Gasteiger partial charge < -0.3 is 20.5 Å². The zero-order chi connectivity index (χ0) is 28.1. The van der Waals surface area contributed by atoms with Gasteiger partial charge in [0.25, 0.3) is 0 Å². The molecule has 0 bridgehead atoms. The lowest BCUT2D eigenvalue weighted by molar-refractivity contribution is -0.192. The van der Waals surface area contributed by atoms with Crippen LogP contribution in [-0.2, 0) is 35.4 Å². The van der Waals surface area contributed by atoms with Crippen molar-refractivity contribution in [2.24, 2.45) is 5.92 Å². The summed E-state index contributed by atoms with van der Waals surface area (Å²) in [6, 6.07) is 23.5. The number of aromatic nitrogens is 1. The van der Waals surface area contributed by atoms with Crippen LogP contribution in [0.15, 0.2) is 79.0 Å². The molecule has 1 aromatic heterocycles. The van der Waals surface area contributed by atoms with Crippen LogP contribution < -0.4 is 5.32 Å². The summed E-state index contributed by atoms with van der Waals surface area (Å²) in [7, 11) is 0. The van der Waals surface area contributed by atoms with Crippen molar-refractivity contribution in [2.45, 2.75) is 51.0 Å². The summed E-state index contributed by atoms with van der Waals surface area (Å²) in [5.41, 5.74) is 5.62. The van der Waals surface area contributed by atoms with E-state index < -0.39 is 24.2 Å². The second-order valence-electron chi connectivity index (χ2n) is 10.5. The number of aliphatic hydroxyl groups is 2. The number of hydroxylamine groups is 2. The van der Waals surface area contributed by atoms with Crippen LogP contribution in [0.5, 0.6) is 0 Å². The lowest BCUT2D eigenvalue weighted by atomic mass is 9.92. The van der Waals surface area contributed by atoms with Gasteiger partial charge in [0, 0.05) is 34.6 Å². The van der Waals surface area contributed by atoms with Crippen LogP contribution in [0.1, 0.15) is 29.2 Å². The third kappa shape index (κ3) is 6.57. The highest BCUT2D eigenvalue weighted by Gasteiger charge is 2.48. The van der Waals surface area contributed by atoms with E-state index in [9.17, 15) is 15.0 Å². The zero-order valence-electron chi connectivity index (χ0n) is 22.6. The molecule has 1 aliphatic heterocycles. The van der Waals surface area contributed by atoms with E-state index in [1.807, 2.05) is 60.8 Å². The largest absolute Gasteiger partial charge is 0.396 e. The van der Waals surface area contributed by atoms with Gasteiger partial charge in [0.15, 0.2) is 0 Å². The van der Waals surface area contributed by atoms with Gasteiger partial charge in [0.05, 0.1) is 19.3 Å². The van der Waals surface area contributed by atoms with Gasteiger partial charge in [-0.25, -0.2) is 0 Å². The average Bonchev–Trinajstić information content (AvgIpc) is 3.55. The minimum absolute atomic E-state index is 0.221. The van der Waals surface area contributed by atoms with E-state index in [0.717, 1.165) is 39.9 Å². The van der Waals surface area contributed by atoms with E-state index in [1.165, 1.54) is 11.1 Å². The van der Waals surface area contributed by atoms with Gasteiger partial charge in [-0.1, -0.05) is 66.2 Å². The topological polar surface area (TPSA) is 97.8 Å². The van der Waals surface area contributed by atoms with Gasteiger partial charge in [-0.3, -0.25) is 9.63 Å². The molecule has 5 rings (SSSR count). The summed E-state index contributed by atoms with van der Waals surface area (Å²) in [6.45, 7) is 2.16. The van der Waals surface area contributed by atoms with E-state index in [-0.39, 0.29) is 12.5 Å². The van der Waals surface area contributed by atoms with Crippen molar-refractivity contribution in [1.82, 2.24) is 15.4 Å². The highest BCUT2D eigenvalue weighted by atomic mass is 35.5. The molecule has 3 aromatic carbocycles. The van der Waals surface area contributed by atoms with Crippen LogP contribution in [0.4, 0.5) is 0 Å². The summed E-state index contributed by atoms with van der Waals surface area (Å²) in [6.07, 6.45) is 2.96. The Bertz CT molecular complexity index is 1400. The summed E-state index contributed by atoms with van der Waals surface area (Å²) >= 11 is 5.99. The molecule has 0 aliphatic carbocycles. The van der Waals surface area contributed by atoms with Crippen molar-refractivity contribution >= 4 is 28.4 Å². The van der Waals surface area contributed by atoms with Gasteiger partial charge >= 0.3 is 0 Å². The fourth-order valence-corrected chi connectivity index (χ4v) is 5.62. The number of H-pyrrole nitrogens is 1. The first-order valence-electron chi connectivity index (χ1n) is 13.8. The Kier molecular flexibility index (Phi) is 9.19. The van der Waals surface area contributed by atoms with E-state index >= 15 is 0 Å². The smallest absolute Gasteiger partial charge is 0.240 e. The SMILES string of the molecule is C[C@H](O)[C@@H]1ON(Cc2ccc(CCc3ccc(Cl)cc3)cc2)[C@H](C(=O)NCCc2c[nH]c3ccccc23)[C@@H]1CO. The number of nitrogens with zero attached hydrogens (tertiary/aromatic N) is 1. The number of amides is 1. The predicted octanol–water partition coefficient (Wildman–Crippen LogP) is 4.44. The molecule has 1 saturated heterocycles. The Labute approximate surface area is 239 Å². The third-order valence-electron chi connectivity index (χ3n) is 7.70. The Morgan fingerprint density at radius 3 is 2.33 bits per heavy atom. The number of para-hydroxylation sites is 1. The maximum absolute atomic E-state index is 13.4. The maximum Gasteiger partial charge on any atom is 0.240 e. The molecule has 0 radical (unpaired) electrons. The van der Waals surface area contributed by atoms with Gasteiger partial charge in [0.1, 0.15) is 12.1 Å². The molecule has 1 amide bonds. The summed E-state index contributed by atoms with van der Waals surface area (Å²) in [5.74, 6) is -0.770. The Morgan fingerprint density at radius 1 is 1.00 bits per heavy atom. The molecule has 4 atom stereocenters. The first-order chi connectivity index (χ1) is 19.4. The number of aromatic amines is 1. The number of benzene rings is 3. The second-order valence-corrected chi connectivity index (χ2v) is 11.0. The van der Waals surface area contributed by atoms with Crippen LogP contribution in [0, 0.1) is 5.92 Å². The van der Waals surface area contributed by atoms with Crippen molar-refractivity contribution in [2.75, 3.05) is 13.2 Å². The van der Waals surface area contributed by atoms with Crippen molar-refractivity contribution in [3.63, 3.8) is 0 Å². The predicted molar refractivity (Wildman–Crippen MR) is 157 cm³/mol. The number of carbonyl (C=O) groups is 1. The summed E-state index contributed by atoms with van der Waals surface area (Å²) < 4.78 is 0. The molecular weight excluding hydrogens is 526 g/mol. The monoisotopic (exact) mass is 561 g/mol. The van der Waals surface area contributed by atoms with Crippen molar-refractivity contribution in [3.05, 3.63) is 106 Å². The van der Waals surface area contributed by atoms with E-state index in [0.29, 0.717) is 19.5 Å². The Morgan fingerprint density at radius 2 is 1.65 bits per heavy atom. The number of hydrogen-bond acceptors (Lipinski definition) is 5. The molecule has 0 spiro atoms. The number of rotatable bonds is 11. The quantitative estimate of drug-likeness (QED) is 0.217. The highest BCUT2D eigenvalue weighted by molar-refractivity contribution is 6.30. The van der Waals surface area contributed by atoms with E-state index in [4.69, 9.17) is 16.4 Å². The Hall–Kier alpha value is -3.20. The normalized spacial score (nSPS) is 20.1. The minimum Gasteiger partial charge on any atom is -0.396 e. The standard InChI is InChI=1S/C32H36ClN3O4/c1-21(38)31-28(20-37)30(32(39)34-17-16-25-18-35-29-5-3-2-4-27(25)29)36(40-31)19-24-10-8-22(9-11-24)6-7-23-12-14-26(33)15-13-23/h2-5,8-15,18,21,28,30-31,35,37-38H,6-7,16-17,19-20H2,1H3,(H,34,39)/t21-,28-,30-,31-/m0/s1. The molecule has 4 N–H and O–H groups in total. The van der Waals surface area contributed by atoms with Crippen molar-refractivity contribution in [1.29, 1.82) is 0 Å². The van der Waals surface area contributed by atoms with Crippen molar-refractivity contribution < 1.29 is 19.8 Å². The molecule has 1 fully saturated rings. The number of fused-ring (bicyclic) bond motifs is 1. The van der Waals surface area contributed by atoms with Crippen LogP contribution >= 0.6 is 11.6 Å². The lowest BCUT2D eigenvalue weighted by Crippen LogP contribution is -2.48. The van der Waals surface area contributed by atoms with Crippen molar-refractivity contribution in [3.8, 4) is 0 Å². The van der Waals surface area contributed by atoms with Gasteiger partial charge in [0.2, 0.25) is 5.91 Å². The highest BCUT2D eigenvalue weighted by Crippen LogP contribution is 2.31. The number of aryl methyl sites for hydroxylation is 2. The molecular formula is C32H36ClN3O4. The molecule has 0 saturated carbocycles. The Balaban J connectivity index is 1.22. The average molecular weight is 562 g/mol. The fraction of sp³-hybridized carbons (Fsp3) is 0.344. The van der Waals surface area contributed by atoms with E-state index in [2.05, 4.69) is 28.5 Å². The third-order valence-corrected chi connectivity index (χ3v) is 7.95. The molecule has 7 nitrogen and oxygen atoms in total. The number of nitrogens with one attached hydrogen (secondary N) is 2. The number of halogens is 1. The summed E-state index contributed by atoms with van der Waals surface area (Å²) in [4.78, 5) is 22.8. The number of aliphatic hydroxyl groups excluding tert-OH is 2. The van der Waals surface area contributed by atoms with Crippen LogP contribution in [-0.4, -0.2) is 57.6 Å². The van der Waals surface area contributed by atoms with Gasteiger partial charge in [-0.15, -0.1) is 0 Å². The lowest BCUT2D eigenvalue weighted by Gasteiger charge is -2.24. The second kappa shape index (κ2) is 13.0. The molecule has 0 unspecified atom stereocenters. The van der Waals surface area contributed by atoms with Crippen LogP contribution in [0.3, 0.4) is 0 Å². The van der Waals surface area contributed by atoms with Crippen LogP contribution in [0.25, 0.3) is 10.9 Å². The number of carbonyl (C=O) groups excluding carboxylic acids is 1.